The zero-order valence-electron chi connectivity index (χ0n) is 15.9. The second-order valence-electron chi connectivity index (χ2n) is 6.29. The first-order valence-corrected chi connectivity index (χ1v) is 9.17. The van der Waals surface area contributed by atoms with Crippen LogP contribution < -0.4 is 14.9 Å². The SMILES string of the molecule is COc1cc(/C=N/Nc2ncnc3ccccc23)ccc1OCc1ccccc1. The Morgan fingerprint density at radius 2 is 1.76 bits per heavy atom. The summed E-state index contributed by atoms with van der Waals surface area (Å²) >= 11 is 0. The van der Waals surface area contributed by atoms with Gasteiger partial charge in [-0.05, 0) is 41.5 Å². The number of ether oxygens (including phenoxy) is 2. The predicted molar refractivity (Wildman–Crippen MR) is 115 cm³/mol. The Hall–Kier alpha value is -3.93. The van der Waals surface area contributed by atoms with Gasteiger partial charge in [0, 0.05) is 5.39 Å². The number of nitrogens with zero attached hydrogens (tertiary/aromatic N) is 3. The first-order valence-electron chi connectivity index (χ1n) is 9.17. The third-order valence-electron chi connectivity index (χ3n) is 4.35. The van der Waals surface area contributed by atoms with Gasteiger partial charge in [0.15, 0.2) is 17.3 Å². The summed E-state index contributed by atoms with van der Waals surface area (Å²) in [5, 5.41) is 5.21. The molecule has 1 heterocycles. The lowest BCUT2D eigenvalue weighted by atomic mass is 10.2. The topological polar surface area (TPSA) is 68.6 Å². The van der Waals surface area contributed by atoms with E-state index in [9.17, 15) is 0 Å². The maximum Gasteiger partial charge on any atom is 0.161 e. The summed E-state index contributed by atoms with van der Waals surface area (Å²) in [4.78, 5) is 8.50. The average molecular weight is 384 g/mol. The fraction of sp³-hybridized carbons (Fsp3) is 0.0870. The lowest BCUT2D eigenvalue weighted by Gasteiger charge is -2.11. The van der Waals surface area contributed by atoms with Crippen molar-refractivity contribution in [2.75, 3.05) is 12.5 Å². The molecule has 6 nitrogen and oxygen atoms in total. The third-order valence-corrected chi connectivity index (χ3v) is 4.35. The Labute approximate surface area is 168 Å². The van der Waals surface area contributed by atoms with Crippen molar-refractivity contribution in [3.05, 3.63) is 90.3 Å². The molecule has 0 spiro atoms. The summed E-state index contributed by atoms with van der Waals surface area (Å²) in [6.07, 6.45) is 3.22. The van der Waals surface area contributed by atoms with E-state index in [-0.39, 0.29) is 0 Å². The van der Waals surface area contributed by atoms with Crippen LogP contribution in [0.4, 0.5) is 5.82 Å². The van der Waals surface area contributed by atoms with Crippen LogP contribution in [0.5, 0.6) is 11.5 Å². The number of hydrazone groups is 1. The predicted octanol–water partition coefficient (Wildman–Crippen LogP) is 4.66. The number of nitrogens with one attached hydrogen (secondary N) is 1. The second kappa shape index (κ2) is 8.84. The van der Waals surface area contributed by atoms with Gasteiger partial charge in [-0.25, -0.2) is 9.97 Å². The lowest BCUT2D eigenvalue weighted by Crippen LogP contribution is -1.99. The van der Waals surface area contributed by atoms with Crippen LogP contribution in [0, 0.1) is 0 Å². The number of aromatic nitrogens is 2. The van der Waals surface area contributed by atoms with E-state index in [0.29, 0.717) is 23.9 Å². The van der Waals surface area contributed by atoms with Crippen LogP contribution >= 0.6 is 0 Å². The highest BCUT2D eigenvalue weighted by molar-refractivity contribution is 5.89. The van der Waals surface area contributed by atoms with E-state index in [2.05, 4.69) is 20.5 Å². The van der Waals surface area contributed by atoms with E-state index in [1.165, 1.54) is 6.33 Å². The van der Waals surface area contributed by atoms with Gasteiger partial charge in [-0.1, -0.05) is 42.5 Å². The van der Waals surface area contributed by atoms with Crippen molar-refractivity contribution >= 4 is 22.9 Å². The standard InChI is InChI=1S/C23H20N4O2/c1-28-22-13-18(11-12-21(22)29-15-17-7-3-2-4-8-17)14-26-27-23-19-9-5-6-10-20(19)24-16-25-23/h2-14,16H,15H2,1H3,(H,24,25,27)/b26-14+. The van der Waals surface area contributed by atoms with Gasteiger partial charge in [0.1, 0.15) is 12.9 Å². The molecule has 1 N–H and O–H groups in total. The van der Waals surface area contributed by atoms with Gasteiger partial charge in [0.2, 0.25) is 0 Å². The normalized spacial score (nSPS) is 10.9. The minimum atomic E-state index is 0.479. The summed E-state index contributed by atoms with van der Waals surface area (Å²) < 4.78 is 11.4. The molecular weight excluding hydrogens is 364 g/mol. The summed E-state index contributed by atoms with van der Waals surface area (Å²) in [6.45, 7) is 0.479. The molecule has 0 fully saturated rings. The Morgan fingerprint density at radius 3 is 2.62 bits per heavy atom. The van der Waals surface area contributed by atoms with Gasteiger partial charge in [-0.3, -0.25) is 5.43 Å². The third kappa shape index (κ3) is 4.50. The summed E-state index contributed by atoms with van der Waals surface area (Å²) in [5.41, 5.74) is 5.82. The number of para-hydroxylation sites is 1. The van der Waals surface area contributed by atoms with Gasteiger partial charge in [0.25, 0.3) is 0 Å². The van der Waals surface area contributed by atoms with E-state index < -0.39 is 0 Å². The minimum Gasteiger partial charge on any atom is -0.493 e. The van der Waals surface area contributed by atoms with E-state index in [1.807, 2.05) is 72.8 Å². The van der Waals surface area contributed by atoms with Crippen molar-refractivity contribution in [1.29, 1.82) is 0 Å². The van der Waals surface area contributed by atoms with E-state index >= 15 is 0 Å². The van der Waals surface area contributed by atoms with Gasteiger partial charge >= 0.3 is 0 Å². The fourth-order valence-corrected chi connectivity index (χ4v) is 2.88. The Bertz CT molecular complexity index is 1120. The van der Waals surface area contributed by atoms with Crippen LogP contribution in [-0.2, 0) is 6.61 Å². The molecule has 0 bridgehead atoms. The van der Waals surface area contributed by atoms with Gasteiger partial charge in [0.05, 0.1) is 18.8 Å². The summed E-state index contributed by atoms with van der Waals surface area (Å²) in [6, 6.07) is 23.5. The molecule has 0 radical (unpaired) electrons. The van der Waals surface area contributed by atoms with Gasteiger partial charge in [-0.2, -0.15) is 5.10 Å². The number of rotatable bonds is 7. The number of hydrogen-bond donors (Lipinski definition) is 1. The smallest absolute Gasteiger partial charge is 0.161 e. The Kier molecular flexibility index (Phi) is 5.62. The molecule has 0 saturated heterocycles. The highest BCUT2D eigenvalue weighted by Gasteiger charge is 2.06. The Balaban J connectivity index is 1.46. The van der Waals surface area contributed by atoms with Crippen LogP contribution in [0.15, 0.2) is 84.2 Å². The molecule has 4 aromatic rings. The van der Waals surface area contributed by atoms with Crippen molar-refractivity contribution in [2.45, 2.75) is 6.61 Å². The summed E-state index contributed by atoms with van der Waals surface area (Å²) in [5.74, 6) is 1.99. The van der Waals surface area contributed by atoms with Crippen molar-refractivity contribution in [3.8, 4) is 11.5 Å². The highest BCUT2D eigenvalue weighted by Crippen LogP contribution is 2.28. The molecule has 29 heavy (non-hydrogen) atoms. The number of hydrogen-bond acceptors (Lipinski definition) is 6. The number of benzene rings is 3. The number of fused-ring (bicyclic) bond motifs is 1. The van der Waals surface area contributed by atoms with Crippen LogP contribution in [0.25, 0.3) is 10.9 Å². The van der Waals surface area contributed by atoms with Crippen molar-refractivity contribution < 1.29 is 9.47 Å². The van der Waals surface area contributed by atoms with Gasteiger partial charge in [-0.15, -0.1) is 0 Å². The fourth-order valence-electron chi connectivity index (χ4n) is 2.88. The van der Waals surface area contributed by atoms with Gasteiger partial charge < -0.3 is 9.47 Å². The molecule has 0 aliphatic carbocycles. The Morgan fingerprint density at radius 1 is 0.931 bits per heavy atom. The first-order chi connectivity index (χ1) is 14.3. The van der Waals surface area contributed by atoms with E-state index in [4.69, 9.17) is 9.47 Å². The number of methoxy groups -OCH3 is 1. The van der Waals surface area contributed by atoms with Crippen LogP contribution in [0.1, 0.15) is 11.1 Å². The van der Waals surface area contributed by atoms with Crippen molar-refractivity contribution in [2.24, 2.45) is 5.10 Å². The molecule has 0 amide bonds. The molecule has 0 aliphatic rings. The molecule has 0 aliphatic heterocycles. The molecule has 4 rings (SSSR count). The number of anilines is 1. The quantitative estimate of drug-likeness (QED) is 0.371. The van der Waals surface area contributed by atoms with E-state index in [1.54, 1.807) is 13.3 Å². The maximum atomic E-state index is 5.89. The maximum absolute atomic E-state index is 5.89. The molecule has 0 saturated carbocycles. The second-order valence-corrected chi connectivity index (χ2v) is 6.29. The molecule has 0 atom stereocenters. The molecular formula is C23H20N4O2. The van der Waals surface area contributed by atoms with Crippen molar-refractivity contribution in [3.63, 3.8) is 0 Å². The first kappa shape index (κ1) is 18.4. The molecule has 1 aromatic heterocycles. The van der Waals surface area contributed by atoms with Crippen molar-refractivity contribution in [1.82, 2.24) is 9.97 Å². The zero-order valence-corrected chi connectivity index (χ0v) is 15.9. The largest absolute Gasteiger partial charge is 0.493 e. The monoisotopic (exact) mass is 384 g/mol. The lowest BCUT2D eigenvalue weighted by molar-refractivity contribution is 0.284. The van der Waals surface area contributed by atoms with E-state index in [0.717, 1.165) is 22.0 Å². The van der Waals surface area contributed by atoms with Crippen LogP contribution in [-0.4, -0.2) is 23.3 Å². The van der Waals surface area contributed by atoms with Crippen LogP contribution in [0.3, 0.4) is 0 Å². The molecule has 144 valence electrons. The molecule has 0 unspecified atom stereocenters. The van der Waals surface area contributed by atoms with Crippen LogP contribution in [0.2, 0.25) is 0 Å². The zero-order chi connectivity index (χ0) is 19.9. The minimum absolute atomic E-state index is 0.479. The molecule has 6 heteroatoms. The highest BCUT2D eigenvalue weighted by atomic mass is 16.5. The average Bonchev–Trinajstić information content (AvgIpc) is 2.79. The molecule has 3 aromatic carbocycles. The summed E-state index contributed by atoms with van der Waals surface area (Å²) in [7, 11) is 1.62.